The van der Waals surface area contributed by atoms with E-state index in [1.165, 1.54) is 7.11 Å². The molecular weight excluding hydrogens is 222 g/mol. The van der Waals surface area contributed by atoms with E-state index in [2.05, 4.69) is 10.1 Å². The fraction of sp³-hybridized carbons (Fsp3) is 0.167. The summed E-state index contributed by atoms with van der Waals surface area (Å²) in [4.78, 5) is 21.8. The average Bonchev–Trinajstić information content (AvgIpc) is 2.36. The van der Waals surface area contributed by atoms with Crippen molar-refractivity contribution in [1.82, 2.24) is 0 Å². The van der Waals surface area contributed by atoms with E-state index in [1.807, 2.05) is 5.92 Å². The number of amides is 1. The van der Waals surface area contributed by atoms with Crippen molar-refractivity contribution in [3.8, 4) is 18.1 Å². The molecule has 0 spiro atoms. The molecular formula is C12H11NO4. The van der Waals surface area contributed by atoms with Crippen LogP contribution in [0.15, 0.2) is 24.3 Å². The van der Waals surface area contributed by atoms with Crippen molar-refractivity contribution >= 4 is 17.6 Å². The van der Waals surface area contributed by atoms with Crippen LogP contribution in [0, 0.1) is 12.3 Å². The zero-order valence-electron chi connectivity index (χ0n) is 9.23. The van der Waals surface area contributed by atoms with Crippen LogP contribution in [0.1, 0.15) is 0 Å². The lowest BCUT2D eigenvalue weighted by Crippen LogP contribution is -2.13. The molecule has 5 nitrogen and oxygen atoms in total. The Hall–Kier alpha value is -2.48. The monoisotopic (exact) mass is 233 g/mol. The first-order chi connectivity index (χ1) is 8.15. The Morgan fingerprint density at radius 1 is 1.47 bits per heavy atom. The van der Waals surface area contributed by atoms with Gasteiger partial charge in [-0.1, -0.05) is 6.07 Å². The van der Waals surface area contributed by atoms with E-state index in [1.54, 1.807) is 24.3 Å². The van der Waals surface area contributed by atoms with Crippen LogP contribution in [0.5, 0.6) is 5.75 Å². The van der Waals surface area contributed by atoms with E-state index in [4.69, 9.17) is 11.2 Å². The van der Waals surface area contributed by atoms with Crippen LogP contribution in [0.25, 0.3) is 0 Å². The standard InChI is InChI=1S/C12H11NO4/c1-3-11(14)13-9-5-4-6-10(7-9)17-8-12(15)16-2/h1,4-7H,8H2,2H3,(H,13,14). The lowest BCUT2D eigenvalue weighted by molar-refractivity contribution is -0.142. The number of carbonyl (C=O) groups is 2. The summed E-state index contributed by atoms with van der Waals surface area (Å²) >= 11 is 0. The van der Waals surface area contributed by atoms with Crippen molar-refractivity contribution in [2.24, 2.45) is 0 Å². The third kappa shape index (κ3) is 4.26. The average molecular weight is 233 g/mol. The first kappa shape index (κ1) is 12.6. The number of nitrogens with one attached hydrogen (secondary N) is 1. The van der Waals surface area contributed by atoms with Crippen molar-refractivity contribution in [3.63, 3.8) is 0 Å². The molecule has 0 heterocycles. The lowest BCUT2D eigenvalue weighted by atomic mass is 10.3. The lowest BCUT2D eigenvalue weighted by Gasteiger charge is -2.06. The number of methoxy groups -OCH3 is 1. The molecule has 0 saturated carbocycles. The molecule has 88 valence electrons. The molecule has 1 amide bonds. The Morgan fingerprint density at radius 2 is 2.24 bits per heavy atom. The number of rotatable bonds is 4. The number of carbonyl (C=O) groups excluding carboxylic acids is 2. The number of esters is 1. The summed E-state index contributed by atoms with van der Waals surface area (Å²) in [5.74, 6) is 1.33. The Labute approximate surface area is 98.7 Å². The maximum absolute atomic E-state index is 10.9. The minimum Gasteiger partial charge on any atom is -0.482 e. The van der Waals surface area contributed by atoms with E-state index in [0.29, 0.717) is 11.4 Å². The number of anilines is 1. The van der Waals surface area contributed by atoms with Gasteiger partial charge in [0.1, 0.15) is 5.75 Å². The fourth-order valence-electron chi connectivity index (χ4n) is 1.03. The van der Waals surface area contributed by atoms with Gasteiger partial charge < -0.3 is 14.8 Å². The van der Waals surface area contributed by atoms with E-state index in [0.717, 1.165) is 0 Å². The molecule has 0 atom stereocenters. The predicted octanol–water partition coefficient (Wildman–Crippen LogP) is 0.810. The quantitative estimate of drug-likeness (QED) is 0.617. The SMILES string of the molecule is C#CC(=O)Nc1cccc(OCC(=O)OC)c1. The van der Waals surface area contributed by atoms with Gasteiger partial charge in [-0.3, -0.25) is 4.79 Å². The van der Waals surface area contributed by atoms with Gasteiger partial charge >= 0.3 is 5.97 Å². The van der Waals surface area contributed by atoms with Gasteiger partial charge in [-0.25, -0.2) is 4.79 Å². The van der Waals surface area contributed by atoms with E-state index >= 15 is 0 Å². The molecule has 0 unspecified atom stereocenters. The zero-order valence-corrected chi connectivity index (χ0v) is 9.23. The molecule has 0 aliphatic heterocycles. The second-order valence-electron chi connectivity index (χ2n) is 2.99. The molecule has 5 heteroatoms. The fourth-order valence-corrected chi connectivity index (χ4v) is 1.03. The van der Waals surface area contributed by atoms with Crippen molar-refractivity contribution in [2.45, 2.75) is 0 Å². The molecule has 1 aromatic carbocycles. The van der Waals surface area contributed by atoms with Crippen LogP contribution in [-0.4, -0.2) is 25.6 Å². The second kappa shape index (κ2) is 6.18. The van der Waals surface area contributed by atoms with Crippen LogP contribution < -0.4 is 10.1 Å². The molecule has 1 rings (SSSR count). The van der Waals surface area contributed by atoms with E-state index in [-0.39, 0.29) is 6.61 Å². The van der Waals surface area contributed by atoms with E-state index in [9.17, 15) is 9.59 Å². The Balaban J connectivity index is 2.63. The predicted molar refractivity (Wildman–Crippen MR) is 61.4 cm³/mol. The second-order valence-corrected chi connectivity index (χ2v) is 2.99. The summed E-state index contributed by atoms with van der Waals surface area (Å²) in [5.41, 5.74) is 0.496. The molecule has 1 aromatic rings. The summed E-state index contributed by atoms with van der Waals surface area (Å²) in [6.45, 7) is -0.191. The zero-order chi connectivity index (χ0) is 12.7. The number of terminal acetylenes is 1. The number of benzene rings is 1. The normalized spacial score (nSPS) is 8.94. The minimum atomic E-state index is -0.546. The summed E-state index contributed by atoms with van der Waals surface area (Å²) in [5, 5.41) is 2.46. The highest BCUT2D eigenvalue weighted by Crippen LogP contribution is 2.17. The van der Waals surface area contributed by atoms with Crippen molar-refractivity contribution in [1.29, 1.82) is 0 Å². The minimum absolute atomic E-state index is 0.191. The van der Waals surface area contributed by atoms with Gasteiger partial charge in [0.15, 0.2) is 6.61 Å². The van der Waals surface area contributed by atoms with Crippen molar-refractivity contribution < 1.29 is 19.1 Å². The van der Waals surface area contributed by atoms with Crippen molar-refractivity contribution in [2.75, 3.05) is 19.0 Å². The Bertz CT molecular complexity index is 462. The van der Waals surface area contributed by atoms with Gasteiger partial charge in [0.2, 0.25) is 0 Å². The summed E-state index contributed by atoms with van der Waals surface area (Å²) in [7, 11) is 1.27. The van der Waals surface area contributed by atoms with E-state index < -0.39 is 11.9 Å². The molecule has 0 saturated heterocycles. The first-order valence-electron chi connectivity index (χ1n) is 4.73. The summed E-state index contributed by atoms with van der Waals surface area (Å²) in [6.07, 6.45) is 4.92. The number of ether oxygens (including phenoxy) is 2. The topological polar surface area (TPSA) is 64.6 Å². The van der Waals surface area contributed by atoms with Gasteiger partial charge in [-0.15, -0.1) is 6.42 Å². The van der Waals surface area contributed by atoms with Crippen LogP contribution in [-0.2, 0) is 14.3 Å². The maximum atomic E-state index is 10.9. The van der Waals surface area contributed by atoms with Gasteiger partial charge in [0, 0.05) is 11.8 Å². The Kier molecular flexibility index (Phi) is 4.58. The molecule has 0 aliphatic carbocycles. The Morgan fingerprint density at radius 3 is 2.88 bits per heavy atom. The van der Waals surface area contributed by atoms with Crippen LogP contribution in [0.4, 0.5) is 5.69 Å². The number of hydrogen-bond donors (Lipinski definition) is 1. The van der Waals surface area contributed by atoms with Gasteiger partial charge in [-0.05, 0) is 18.1 Å². The largest absolute Gasteiger partial charge is 0.482 e. The van der Waals surface area contributed by atoms with Gasteiger partial charge in [0.05, 0.1) is 7.11 Å². The van der Waals surface area contributed by atoms with Crippen LogP contribution in [0.2, 0.25) is 0 Å². The number of hydrogen-bond acceptors (Lipinski definition) is 4. The highest BCUT2D eigenvalue weighted by atomic mass is 16.6. The van der Waals surface area contributed by atoms with Crippen molar-refractivity contribution in [3.05, 3.63) is 24.3 Å². The maximum Gasteiger partial charge on any atom is 0.343 e. The summed E-state index contributed by atoms with van der Waals surface area (Å²) in [6, 6.07) is 6.52. The molecule has 17 heavy (non-hydrogen) atoms. The smallest absolute Gasteiger partial charge is 0.343 e. The third-order valence-electron chi connectivity index (χ3n) is 1.81. The first-order valence-corrected chi connectivity index (χ1v) is 4.73. The van der Waals surface area contributed by atoms with Crippen LogP contribution in [0.3, 0.4) is 0 Å². The molecule has 0 aromatic heterocycles. The molecule has 0 bridgehead atoms. The van der Waals surface area contributed by atoms with Gasteiger partial charge in [-0.2, -0.15) is 0 Å². The third-order valence-corrected chi connectivity index (χ3v) is 1.81. The highest BCUT2D eigenvalue weighted by molar-refractivity contribution is 6.03. The molecule has 1 N–H and O–H groups in total. The molecule has 0 radical (unpaired) electrons. The van der Waals surface area contributed by atoms with Gasteiger partial charge in [0.25, 0.3) is 5.91 Å². The highest BCUT2D eigenvalue weighted by Gasteiger charge is 2.03. The molecule has 0 aliphatic rings. The summed E-state index contributed by atoms with van der Waals surface area (Å²) < 4.78 is 9.56. The molecule has 0 fully saturated rings. The van der Waals surface area contributed by atoms with Crippen LogP contribution >= 0.6 is 0 Å².